The summed E-state index contributed by atoms with van der Waals surface area (Å²) in [5.74, 6) is -0.321. The van der Waals surface area contributed by atoms with E-state index in [-0.39, 0.29) is 16.8 Å². The summed E-state index contributed by atoms with van der Waals surface area (Å²) < 4.78 is 13.9. The Kier molecular flexibility index (Phi) is 4.44. The van der Waals surface area contributed by atoms with Crippen LogP contribution in [0.5, 0.6) is 0 Å². The maximum atomic E-state index is 13.9. The Morgan fingerprint density at radius 2 is 2.00 bits per heavy atom. The van der Waals surface area contributed by atoms with Crippen molar-refractivity contribution >= 4 is 0 Å². The fraction of sp³-hybridized carbons (Fsp3) is 0.450. The summed E-state index contributed by atoms with van der Waals surface area (Å²) in [5.41, 5.74) is 1.90. The van der Waals surface area contributed by atoms with E-state index in [9.17, 15) is 9.18 Å². The van der Waals surface area contributed by atoms with Gasteiger partial charge >= 0.3 is 0 Å². The van der Waals surface area contributed by atoms with Gasteiger partial charge in [0.25, 0.3) is 0 Å². The molecule has 0 amide bonds. The molecule has 1 saturated heterocycles. The number of halogens is 1. The number of piperazine rings is 1. The molecule has 132 valence electrons. The number of benzene rings is 1. The molecule has 1 aliphatic heterocycles. The molecule has 5 heteroatoms. The number of pyridine rings is 1. The molecule has 1 aromatic heterocycles. The quantitative estimate of drug-likeness (QED) is 0.902. The van der Waals surface area contributed by atoms with Crippen molar-refractivity contribution in [2.24, 2.45) is 0 Å². The lowest BCUT2D eigenvalue weighted by Gasteiger charge is -2.45. The Morgan fingerprint density at radius 3 is 2.76 bits per heavy atom. The third-order valence-corrected chi connectivity index (χ3v) is 5.74. The van der Waals surface area contributed by atoms with E-state index in [1.807, 2.05) is 0 Å². The van der Waals surface area contributed by atoms with Gasteiger partial charge in [0.2, 0.25) is 0 Å². The molecule has 25 heavy (non-hydrogen) atoms. The third kappa shape index (κ3) is 3.14. The molecule has 1 saturated carbocycles. The van der Waals surface area contributed by atoms with Gasteiger partial charge < -0.3 is 10.3 Å². The van der Waals surface area contributed by atoms with Crippen molar-refractivity contribution in [3.05, 3.63) is 58.1 Å². The Balaban J connectivity index is 1.59. The summed E-state index contributed by atoms with van der Waals surface area (Å²) >= 11 is 0. The monoisotopic (exact) mass is 341 g/mol. The van der Waals surface area contributed by atoms with Crippen molar-refractivity contribution < 1.29 is 4.39 Å². The van der Waals surface area contributed by atoms with Crippen LogP contribution in [0.3, 0.4) is 0 Å². The molecule has 0 bridgehead atoms. The van der Waals surface area contributed by atoms with Crippen LogP contribution >= 0.6 is 0 Å². The van der Waals surface area contributed by atoms with Gasteiger partial charge in [-0.1, -0.05) is 25.0 Å². The van der Waals surface area contributed by atoms with Gasteiger partial charge in [-0.05, 0) is 25.0 Å². The van der Waals surface area contributed by atoms with Crippen molar-refractivity contribution in [2.75, 3.05) is 19.6 Å². The van der Waals surface area contributed by atoms with Crippen molar-refractivity contribution in [3.8, 4) is 11.3 Å². The van der Waals surface area contributed by atoms with Gasteiger partial charge in [0.15, 0.2) is 5.43 Å². The van der Waals surface area contributed by atoms with Crippen LogP contribution in [0.4, 0.5) is 4.39 Å². The maximum absolute atomic E-state index is 13.9. The van der Waals surface area contributed by atoms with Crippen LogP contribution < -0.4 is 10.7 Å². The third-order valence-electron chi connectivity index (χ3n) is 5.74. The lowest BCUT2D eigenvalue weighted by atomic mass is 9.92. The van der Waals surface area contributed by atoms with Crippen molar-refractivity contribution in [2.45, 2.75) is 37.8 Å². The van der Waals surface area contributed by atoms with E-state index in [1.54, 1.807) is 24.4 Å². The minimum absolute atomic E-state index is 0.0244. The van der Waals surface area contributed by atoms with Crippen molar-refractivity contribution in [1.29, 1.82) is 0 Å². The number of hydrogen-bond donors (Lipinski definition) is 2. The Labute approximate surface area is 147 Å². The van der Waals surface area contributed by atoms with Gasteiger partial charge in [-0.15, -0.1) is 0 Å². The molecule has 0 unspecified atom stereocenters. The summed E-state index contributed by atoms with van der Waals surface area (Å²) in [4.78, 5) is 18.2. The van der Waals surface area contributed by atoms with E-state index in [4.69, 9.17) is 0 Å². The average Bonchev–Trinajstić information content (AvgIpc) is 3.08. The molecule has 1 aliphatic carbocycles. The number of hydrogen-bond acceptors (Lipinski definition) is 3. The lowest BCUT2D eigenvalue weighted by Crippen LogP contribution is -2.59. The maximum Gasteiger partial charge on any atom is 0.186 e. The van der Waals surface area contributed by atoms with Crippen LogP contribution in [-0.4, -0.2) is 35.1 Å². The topological polar surface area (TPSA) is 48.1 Å². The predicted molar refractivity (Wildman–Crippen MR) is 96.9 cm³/mol. The number of H-pyrrole nitrogens is 1. The standard InChI is InChI=1S/C20H24FN3O/c21-17-6-2-1-5-16(17)18-11-19(25)15(12-23-18)13-24-10-9-22-14-20(24)7-3-4-8-20/h1-2,5-6,11-12,22H,3-4,7-10,13-14H2,(H,23,25). The highest BCUT2D eigenvalue weighted by Gasteiger charge is 2.41. The smallest absolute Gasteiger partial charge is 0.186 e. The fourth-order valence-corrected chi connectivity index (χ4v) is 4.32. The fourth-order valence-electron chi connectivity index (χ4n) is 4.32. The van der Waals surface area contributed by atoms with Crippen LogP contribution in [0.2, 0.25) is 0 Å². The largest absolute Gasteiger partial charge is 0.361 e. The molecule has 2 aliphatic rings. The van der Waals surface area contributed by atoms with Crippen LogP contribution in [0.1, 0.15) is 31.2 Å². The van der Waals surface area contributed by atoms with E-state index in [1.165, 1.54) is 37.8 Å². The number of rotatable bonds is 3. The second-order valence-electron chi connectivity index (χ2n) is 7.25. The summed E-state index contributed by atoms with van der Waals surface area (Å²) in [5, 5.41) is 3.52. The van der Waals surface area contributed by atoms with Crippen LogP contribution in [-0.2, 0) is 6.54 Å². The molecule has 2 fully saturated rings. The zero-order valence-electron chi connectivity index (χ0n) is 14.4. The first kappa shape index (κ1) is 16.5. The van der Waals surface area contributed by atoms with E-state index in [2.05, 4.69) is 15.2 Å². The van der Waals surface area contributed by atoms with E-state index in [0.717, 1.165) is 25.2 Å². The molecule has 0 atom stereocenters. The molecule has 4 nitrogen and oxygen atoms in total. The molecule has 2 N–H and O–H groups in total. The minimum atomic E-state index is -0.321. The first-order chi connectivity index (χ1) is 12.2. The second kappa shape index (κ2) is 6.73. The molecule has 2 heterocycles. The molecular formula is C20H24FN3O. The summed E-state index contributed by atoms with van der Waals surface area (Å²) in [6.07, 6.45) is 6.69. The SMILES string of the molecule is O=c1cc(-c2ccccc2F)[nH]cc1CN1CCNCC12CCCC2. The number of aromatic nitrogens is 1. The highest BCUT2D eigenvalue weighted by Crippen LogP contribution is 2.36. The Bertz CT molecular complexity index is 811. The Morgan fingerprint density at radius 1 is 1.20 bits per heavy atom. The molecule has 1 spiro atoms. The number of nitrogens with one attached hydrogen (secondary N) is 2. The molecule has 2 aromatic rings. The van der Waals surface area contributed by atoms with Gasteiger partial charge in [-0.3, -0.25) is 9.69 Å². The van der Waals surface area contributed by atoms with Crippen LogP contribution in [0, 0.1) is 5.82 Å². The molecule has 4 rings (SSSR count). The van der Waals surface area contributed by atoms with Gasteiger partial charge in [-0.25, -0.2) is 4.39 Å². The lowest BCUT2D eigenvalue weighted by molar-refractivity contribution is 0.0569. The van der Waals surface area contributed by atoms with Crippen molar-refractivity contribution in [3.63, 3.8) is 0 Å². The molecule has 0 radical (unpaired) electrons. The van der Waals surface area contributed by atoms with Gasteiger partial charge in [0.1, 0.15) is 5.82 Å². The van der Waals surface area contributed by atoms with E-state index in [0.29, 0.717) is 17.8 Å². The van der Waals surface area contributed by atoms with Crippen molar-refractivity contribution in [1.82, 2.24) is 15.2 Å². The zero-order chi connectivity index (χ0) is 17.3. The van der Waals surface area contributed by atoms with Gasteiger partial charge in [0, 0.05) is 55.1 Å². The second-order valence-corrected chi connectivity index (χ2v) is 7.25. The number of aromatic amines is 1. The highest BCUT2D eigenvalue weighted by atomic mass is 19.1. The normalized spacial score (nSPS) is 20.2. The zero-order valence-corrected chi connectivity index (χ0v) is 14.4. The first-order valence-corrected chi connectivity index (χ1v) is 9.10. The van der Waals surface area contributed by atoms with E-state index >= 15 is 0 Å². The van der Waals surface area contributed by atoms with Gasteiger partial charge in [0.05, 0.1) is 5.69 Å². The summed E-state index contributed by atoms with van der Waals surface area (Å²) in [6, 6.07) is 8.04. The van der Waals surface area contributed by atoms with E-state index < -0.39 is 0 Å². The minimum Gasteiger partial charge on any atom is -0.361 e. The molecule has 1 aromatic carbocycles. The first-order valence-electron chi connectivity index (χ1n) is 9.10. The summed E-state index contributed by atoms with van der Waals surface area (Å²) in [7, 11) is 0. The Hall–Kier alpha value is -1.98. The predicted octanol–water partition coefficient (Wildman–Crippen LogP) is 2.90. The van der Waals surface area contributed by atoms with Crippen LogP contribution in [0.25, 0.3) is 11.3 Å². The highest BCUT2D eigenvalue weighted by molar-refractivity contribution is 5.59. The number of nitrogens with zero attached hydrogens (tertiary/aromatic N) is 1. The van der Waals surface area contributed by atoms with Gasteiger partial charge in [-0.2, -0.15) is 0 Å². The average molecular weight is 341 g/mol. The van der Waals surface area contributed by atoms with Crippen LogP contribution in [0.15, 0.2) is 41.3 Å². The summed E-state index contributed by atoms with van der Waals surface area (Å²) in [6.45, 7) is 3.61. The molecular weight excluding hydrogens is 317 g/mol.